The Kier molecular flexibility index (Phi) is 7.80. The minimum atomic E-state index is 0.700. The van der Waals surface area contributed by atoms with E-state index in [1.165, 1.54) is 43.6 Å². The summed E-state index contributed by atoms with van der Waals surface area (Å²) in [4.78, 5) is 0. The zero-order valence-corrected chi connectivity index (χ0v) is 11.3. The molecule has 0 saturated carbocycles. The summed E-state index contributed by atoms with van der Waals surface area (Å²) in [7, 11) is 0. The Morgan fingerprint density at radius 2 is 2.19 bits per heavy atom. The highest BCUT2D eigenvalue weighted by molar-refractivity contribution is 7.99. The minimum absolute atomic E-state index is 0.700. The van der Waals surface area contributed by atoms with Gasteiger partial charge in [-0.2, -0.15) is 11.8 Å². The van der Waals surface area contributed by atoms with E-state index in [4.69, 9.17) is 6.42 Å². The average Bonchev–Trinajstić information content (AvgIpc) is 2.31. The Morgan fingerprint density at radius 3 is 2.81 bits per heavy atom. The lowest BCUT2D eigenvalue weighted by atomic mass is 9.92. The van der Waals surface area contributed by atoms with Gasteiger partial charge in [-0.1, -0.05) is 6.92 Å². The molecule has 16 heavy (non-hydrogen) atoms. The molecule has 0 aromatic carbocycles. The molecule has 1 aliphatic heterocycles. The average molecular weight is 239 g/mol. The van der Waals surface area contributed by atoms with Crippen LogP contribution in [0.2, 0.25) is 0 Å². The fourth-order valence-corrected chi connectivity index (χ4v) is 3.63. The summed E-state index contributed by atoms with van der Waals surface area (Å²) in [6, 6.07) is 0.700. The van der Waals surface area contributed by atoms with Crippen LogP contribution in [0.5, 0.6) is 0 Å². The van der Waals surface area contributed by atoms with Crippen molar-refractivity contribution in [3.8, 4) is 12.3 Å². The molecule has 1 aliphatic rings. The van der Waals surface area contributed by atoms with Gasteiger partial charge in [0.2, 0.25) is 0 Å². The first kappa shape index (κ1) is 13.9. The molecular weight excluding hydrogens is 214 g/mol. The molecule has 0 aliphatic carbocycles. The fraction of sp³-hybridized carbons (Fsp3) is 0.857. The summed E-state index contributed by atoms with van der Waals surface area (Å²) in [6.45, 7) is 3.28. The SMILES string of the molecule is C#CCCCC(CC1CCSCC1)NCC. The van der Waals surface area contributed by atoms with Crippen LogP contribution >= 0.6 is 11.8 Å². The first-order valence-corrected chi connectivity index (χ1v) is 7.76. The van der Waals surface area contributed by atoms with Crippen molar-refractivity contribution in [2.45, 2.75) is 51.5 Å². The fourth-order valence-electron chi connectivity index (χ4n) is 2.43. The van der Waals surface area contributed by atoms with Crippen molar-refractivity contribution in [1.29, 1.82) is 0 Å². The molecule has 92 valence electrons. The highest BCUT2D eigenvalue weighted by atomic mass is 32.2. The molecule has 2 heteroatoms. The van der Waals surface area contributed by atoms with E-state index < -0.39 is 0 Å². The van der Waals surface area contributed by atoms with Crippen molar-refractivity contribution in [3.05, 3.63) is 0 Å². The maximum atomic E-state index is 5.30. The van der Waals surface area contributed by atoms with Crippen molar-refractivity contribution in [2.75, 3.05) is 18.1 Å². The number of hydrogen-bond donors (Lipinski definition) is 1. The van der Waals surface area contributed by atoms with E-state index >= 15 is 0 Å². The second kappa shape index (κ2) is 8.96. The molecule has 1 N–H and O–H groups in total. The quantitative estimate of drug-likeness (QED) is 0.540. The van der Waals surface area contributed by atoms with Gasteiger partial charge in [-0.05, 0) is 56.1 Å². The summed E-state index contributed by atoms with van der Waals surface area (Å²) in [5.74, 6) is 6.43. The monoisotopic (exact) mass is 239 g/mol. The maximum Gasteiger partial charge on any atom is 0.00866 e. The second-order valence-electron chi connectivity index (χ2n) is 4.64. The Bertz CT molecular complexity index is 203. The summed E-state index contributed by atoms with van der Waals surface area (Å²) in [5.41, 5.74) is 0. The number of nitrogens with one attached hydrogen (secondary N) is 1. The standard InChI is InChI=1S/C14H25NS/c1-3-5-6-7-14(15-4-2)12-13-8-10-16-11-9-13/h1,13-15H,4-12H2,2H3. The molecule has 0 aromatic heterocycles. The highest BCUT2D eigenvalue weighted by Gasteiger charge is 2.18. The number of unbranched alkanes of at least 4 members (excludes halogenated alkanes) is 1. The maximum absolute atomic E-state index is 5.30. The summed E-state index contributed by atoms with van der Waals surface area (Å²) >= 11 is 2.11. The molecule has 1 fully saturated rings. The molecule has 0 amide bonds. The molecular formula is C14H25NS. The van der Waals surface area contributed by atoms with Gasteiger partial charge in [0.05, 0.1) is 0 Å². The summed E-state index contributed by atoms with van der Waals surface area (Å²) in [5, 5.41) is 3.61. The van der Waals surface area contributed by atoms with E-state index in [0.29, 0.717) is 6.04 Å². The van der Waals surface area contributed by atoms with Crippen molar-refractivity contribution in [3.63, 3.8) is 0 Å². The van der Waals surface area contributed by atoms with Gasteiger partial charge in [0, 0.05) is 12.5 Å². The van der Waals surface area contributed by atoms with Crippen molar-refractivity contribution in [1.82, 2.24) is 5.32 Å². The van der Waals surface area contributed by atoms with E-state index in [9.17, 15) is 0 Å². The largest absolute Gasteiger partial charge is 0.314 e. The molecule has 1 atom stereocenters. The molecule has 1 unspecified atom stereocenters. The van der Waals surface area contributed by atoms with Crippen LogP contribution < -0.4 is 5.32 Å². The summed E-state index contributed by atoms with van der Waals surface area (Å²) < 4.78 is 0. The van der Waals surface area contributed by atoms with E-state index in [2.05, 4.69) is 29.9 Å². The minimum Gasteiger partial charge on any atom is -0.314 e. The molecule has 0 aromatic rings. The lowest BCUT2D eigenvalue weighted by Gasteiger charge is -2.26. The van der Waals surface area contributed by atoms with Gasteiger partial charge in [0.15, 0.2) is 0 Å². The topological polar surface area (TPSA) is 12.0 Å². The third-order valence-electron chi connectivity index (χ3n) is 3.33. The van der Waals surface area contributed by atoms with Gasteiger partial charge in [-0.25, -0.2) is 0 Å². The lowest BCUT2D eigenvalue weighted by Crippen LogP contribution is -2.32. The molecule has 0 bridgehead atoms. The number of rotatable bonds is 7. The summed E-state index contributed by atoms with van der Waals surface area (Å²) in [6.07, 6.45) is 12.9. The normalized spacial score (nSPS) is 19.2. The van der Waals surface area contributed by atoms with Crippen LogP contribution in [-0.4, -0.2) is 24.1 Å². The second-order valence-corrected chi connectivity index (χ2v) is 5.87. The van der Waals surface area contributed by atoms with Crippen LogP contribution in [0.4, 0.5) is 0 Å². The van der Waals surface area contributed by atoms with E-state index in [1.807, 2.05) is 0 Å². The number of thioether (sulfide) groups is 1. The van der Waals surface area contributed by atoms with Crippen molar-refractivity contribution in [2.24, 2.45) is 5.92 Å². The van der Waals surface area contributed by atoms with Gasteiger partial charge < -0.3 is 5.32 Å². The highest BCUT2D eigenvalue weighted by Crippen LogP contribution is 2.27. The van der Waals surface area contributed by atoms with Crippen LogP contribution in [0, 0.1) is 18.3 Å². The number of terminal acetylenes is 1. The Balaban J connectivity index is 2.22. The van der Waals surface area contributed by atoms with Crippen LogP contribution in [0.15, 0.2) is 0 Å². The van der Waals surface area contributed by atoms with Crippen molar-refractivity contribution < 1.29 is 0 Å². The zero-order chi connectivity index (χ0) is 11.6. The molecule has 1 heterocycles. The Hall–Kier alpha value is -0.130. The number of hydrogen-bond acceptors (Lipinski definition) is 2. The first-order valence-electron chi connectivity index (χ1n) is 6.61. The molecule has 1 saturated heterocycles. The third kappa shape index (κ3) is 5.82. The van der Waals surface area contributed by atoms with E-state index in [1.54, 1.807) is 0 Å². The predicted octanol–water partition coefficient (Wildman–Crippen LogP) is 3.30. The van der Waals surface area contributed by atoms with E-state index in [0.717, 1.165) is 18.9 Å². The van der Waals surface area contributed by atoms with Crippen LogP contribution in [0.1, 0.15) is 45.4 Å². The van der Waals surface area contributed by atoms with Crippen LogP contribution in [0.3, 0.4) is 0 Å². The molecule has 0 radical (unpaired) electrons. The zero-order valence-electron chi connectivity index (χ0n) is 10.5. The molecule has 1 rings (SSSR count). The lowest BCUT2D eigenvalue weighted by molar-refractivity contribution is 0.351. The van der Waals surface area contributed by atoms with Crippen LogP contribution in [-0.2, 0) is 0 Å². The van der Waals surface area contributed by atoms with Crippen molar-refractivity contribution >= 4 is 11.8 Å². The molecule has 1 nitrogen and oxygen atoms in total. The van der Waals surface area contributed by atoms with Gasteiger partial charge in [-0.3, -0.25) is 0 Å². The first-order chi connectivity index (χ1) is 7.86. The predicted molar refractivity (Wildman–Crippen MR) is 74.8 cm³/mol. The van der Waals surface area contributed by atoms with Gasteiger partial charge in [-0.15, -0.1) is 12.3 Å². The Labute approximate surface area is 105 Å². The van der Waals surface area contributed by atoms with Gasteiger partial charge in [0.1, 0.15) is 0 Å². The Morgan fingerprint density at radius 1 is 1.44 bits per heavy atom. The third-order valence-corrected chi connectivity index (χ3v) is 4.37. The smallest absolute Gasteiger partial charge is 0.00866 e. The molecule has 0 spiro atoms. The van der Waals surface area contributed by atoms with Gasteiger partial charge in [0.25, 0.3) is 0 Å². The van der Waals surface area contributed by atoms with E-state index in [-0.39, 0.29) is 0 Å². The van der Waals surface area contributed by atoms with Crippen LogP contribution in [0.25, 0.3) is 0 Å². The van der Waals surface area contributed by atoms with Gasteiger partial charge >= 0.3 is 0 Å².